The smallest absolute Gasteiger partial charge is 0.261 e. The first-order valence-corrected chi connectivity index (χ1v) is 10.8. The topological polar surface area (TPSA) is 66.5 Å². The summed E-state index contributed by atoms with van der Waals surface area (Å²) in [6.07, 6.45) is 0. The van der Waals surface area contributed by atoms with Crippen molar-refractivity contribution in [3.05, 3.63) is 94.5 Å². The molecule has 0 atom stereocenters. The predicted octanol–water partition coefficient (Wildman–Crippen LogP) is 4.72. The number of sulfonamides is 1. The van der Waals surface area contributed by atoms with Crippen LogP contribution in [-0.4, -0.2) is 26.3 Å². The highest BCUT2D eigenvalue weighted by Crippen LogP contribution is 2.20. The number of carbonyl (C=O) groups excluding carboxylic acids is 1. The Morgan fingerprint density at radius 1 is 0.966 bits per heavy atom. The van der Waals surface area contributed by atoms with Crippen molar-refractivity contribution in [2.24, 2.45) is 0 Å². The number of hydrogen-bond acceptors (Lipinski definition) is 3. The number of rotatable bonds is 6. The third kappa shape index (κ3) is 5.16. The van der Waals surface area contributed by atoms with E-state index < -0.39 is 10.0 Å². The van der Waals surface area contributed by atoms with Crippen LogP contribution in [0.5, 0.6) is 0 Å². The lowest BCUT2D eigenvalue weighted by Gasteiger charge is -2.18. The van der Waals surface area contributed by atoms with Gasteiger partial charge >= 0.3 is 0 Å². The second-order valence-corrected chi connectivity index (χ2v) is 8.85. The lowest BCUT2D eigenvalue weighted by Crippen LogP contribution is -2.26. The van der Waals surface area contributed by atoms with Crippen LogP contribution in [0.2, 0.25) is 5.02 Å². The summed E-state index contributed by atoms with van der Waals surface area (Å²) < 4.78 is 27.8. The number of carbonyl (C=O) groups is 1. The maximum Gasteiger partial charge on any atom is 0.261 e. The van der Waals surface area contributed by atoms with E-state index in [-0.39, 0.29) is 10.8 Å². The fourth-order valence-electron chi connectivity index (χ4n) is 2.82. The zero-order valence-corrected chi connectivity index (χ0v) is 17.7. The minimum absolute atomic E-state index is 0.0951. The maximum absolute atomic E-state index is 12.6. The van der Waals surface area contributed by atoms with Crippen LogP contribution in [0.1, 0.15) is 21.5 Å². The van der Waals surface area contributed by atoms with Crippen LogP contribution in [0.3, 0.4) is 0 Å². The largest absolute Gasteiger partial charge is 0.337 e. The minimum Gasteiger partial charge on any atom is -0.337 e. The highest BCUT2D eigenvalue weighted by Gasteiger charge is 2.17. The second kappa shape index (κ2) is 8.68. The monoisotopic (exact) mass is 428 g/mol. The Morgan fingerprint density at radius 3 is 2.21 bits per heavy atom. The van der Waals surface area contributed by atoms with Crippen LogP contribution in [0.15, 0.2) is 77.7 Å². The molecule has 0 radical (unpaired) electrons. The molecule has 0 aliphatic rings. The number of benzene rings is 3. The quantitative estimate of drug-likeness (QED) is 0.617. The zero-order chi connectivity index (χ0) is 21.0. The Hall–Kier alpha value is -2.83. The summed E-state index contributed by atoms with van der Waals surface area (Å²) in [6, 6.07) is 20.3. The summed E-state index contributed by atoms with van der Waals surface area (Å²) in [5, 5.41) is 0.638. The normalized spacial score (nSPS) is 11.1. The molecule has 0 saturated carbocycles. The van der Waals surface area contributed by atoms with Crippen molar-refractivity contribution >= 4 is 33.2 Å². The van der Waals surface area contributed by atoms with Crippen LogP contribution in [-0.2, 0) is 16.6 Å². The van der Waals surface area contributed by atoms with Crippen molar-refractivity contribution in [3.8, 4) is 0 Å². The highest BCUT2D eigenvalue weighted by atomic mass is 35.5. The Morgan fingerprint density at radius 2 is 1.59 bits per heavy atom. The summed E-state index contributed by atoms with van der Waals surface area (Å²) in [5.41, 5.74) is 2.71. The van der Waals surface area contributed by atoms with Crippen LogP contribution in [0, 0.1) is 6.92 Å². The molecule has 0 aliphatic heterocycles. The first kappa shape index (κ1) is 20.9. The second-order valence-electron chi connectivity index (χ2n) is 6.73. The molecule has 1 N–H and O–H groups in total. The van der Waals surface area contributed by atoms with Crippen molar-refractivity contribution < 1.29 is 13.2 Å². The maximum atomic E-state index is 12.6. The molecule has 3 rings (SSSR count). The molecule has 0 heterocycles. The van der Waals surface area contributed by atoms with Gasteiger partial charge in [0.05, 0.1) is 10.6 Å². The average molecular weight is 429 g/mol. The van der Waals surface area contributed by atoms with E-state index >= 15 is 0 Å². The minimum atomic E-state index is -3.74. The first-order valence-electron chi connectivity index (χ1n) is 8.95. The fourth-order valence-corrected chi connectivity index (χ4v) is 4.08. The molecule has 29 heavy (non-hydrogen) atoms. The average Bonchev–Trinajstić information content (AvgIpc) is 2.71. The van der Waals surface area contributed by atoms with Crippen LogP contribution < -0.4 is 4.72 Å². The van der Waals surface area contributed by atoms with Gasteiger partial charge in [0.2, 0.25) is 0 Å². The molecule has 0 fully saturated rings. The van der Waals surface area contributed by atoms with Gasteiger partial charge in [-0.25, -0.2) is 8.42 Å². The molecular formula is C22H21ClN2O3S. The Kier molecular flexibility index (Phi) is 6.25. The third-order valence-electron chi connectivity index (χ3n) is 4.48. The van der Waals surface area contributed by atoms with Gasteiger partial charge in [0.25, 0.3) is 15.9 Å². The number of halogens is 1. The fraction of sp³-hybridized carbons (Fsp3) is 0.136. The molecule has 0 spiro atoms. The van der Waals surface area contributed by atoms with Gasteiger partial charge < -0.3 is 4.90 Å². The SMILES string of the molecule is Cc1ccccc1NS(=O)(=O)c1ccc(C(=O)N(C)Cc2ccc(Cl)cc2)cc1. The number of amides is 1. The number of hydrogen-bond donors (Lipinski definition) is 1. The van der Waals surface area contributed by atoms with Gasteiger partial charge in [-0.15, -0.1) is 0 Å². The highest BCUT2D eigenvalue weighted by molar-refractivity contribution is 7.92. The third-order valence-corrected chi connectivity index (χ3v) is 6.11. The molecule has 0 unspecified atom stereocenters. The van der Waals surface area contributed by atoms with Gasteiger partial charge in [-0.2, -0.15) is 0 Å². The van der Waals surface area contributed by atoms with E-state index in [1.165, 1.54) is 24.3 Å². The van der Waals surface area contributed by atoms with Gasteiger partial charge in [0.15, 0.2) is 0 Å². The molecule has 0 aromatic heterocycles. The Labute approximate surface area is 176 Å². The summed E-state index contributed by atoms with van der Waals surface area (Å²) in [6.45, 7) is 2.25. The summed E-state index contributed by atoms with van der Waals surface area (Å²) >= 11 is 5.88. The molecular weight excluding hydrogens is 408 g/mol. The van der Waals surface area contributed by atoms with Crippen molar-refractivity contribution in [1.29, 1.82) is 0 Å². The van der Waals surface area contributed by atoms with Crippen molar-refractivity contribution in [1.82, 2.24) is 4.90 Å². The first-order chi connectivity index (χ1) is 13.8. The van der Waals surface area contributed by atoms with Crippen LogP contribution in [0.4, 0.5) is 5.69 Å². The molecule has 0 aliphatic carbocycles. The lowest BCUT2D eigenvalue weighted by molar-refractivity contribution is 0.0785. The Balaban J connectivity index is 1.72. The summed E-state index contributed by atoms with van der Waals surface area (Å²) in [4.78, 5) is 14.3. The molecule has 5 nitrogen and oxygen atoms in total. The van der Waals surface area contributed by atoms with Crippen LogP contribution >= 0.6 is 11.6 Å². The van der Waals surface area contributed by atoms with E-state index in [0.717, 1.165) is 11.1 Å². The molecule has 150 valence electrons. The van der Waals surface area contributed by atoms with E-state index in [9.17, 15) is 13.2 Å². The molecule has 1 amide bonds. The standard InChI is InChI=1S/C22H21ClN2O3S/c1-16-5-3-4-6-21(16)24-29(27,28)20-13-9-18(10-14-20)22(26)25(2)15-17-7-11-19(23)12-8-17/h3-14,24H,15H2,1-2H3. The molecule has 3 aromatic carbocycles. The van der Waals surface area contributed by atoms with Crippen LogP contribution in [0.25, 0.3) is 0 Å². The number of para-hydroxylation sites is 1. The number of anilines is 1. The van der Waals surface area contributed by atoms with Gasteiger partial charge in [0, 0.05) is 24.2 Å². The van der Waals surface area contributed by atoms with Crippen molar-refractivity contribution in [2.75, 3.05) is 11.8 Å². The van der Waals surface area contributed by atoms with Gasteiger partial charge in [0.1, 0.15) is 0 Å². The lowest BCUT2D eigenvalue weighted by atomic mass is 10.1. The number of nitrogens with zero attached hydrogens (tertiary/aromatic N) is 1. The number of nitrogens with one attached hydrogen (secondary N) is 1. The van der Waals surface area contributed by atoms with Gasteiger partial charge in [-0.3, -0.25) is 9.52 Å². The van der Waals surface area contributed by atoms with E-state index in [2.05, 4.69) is 4.72 Å². The predicted molar refractivity (Wildman–Crippen MR) is 116 cm³/mol. The van der Waals surface area contributed by atoms with E-state index in [4.69, 9.17) is 11.6 Å². The van der Waals surface area contributed by atoms with E-state index in [1.54, 1.807) is 36.2 Å². The zero-order valence-electron chi connectivity index (χ0n) is 16.1. The van der Waals surface area contributed by atoms with E-state index in [1.807, 2.05) is 31.2 Å². The van der Waals surface area contributed by atoms with Crippen molar-refractivity contribution in [2.45, 2.75) is 18.4 Å². The summed E-state index contributed by atoms with van der Waals surface area (Å²) in [5.74, 6) is -0.198. The molecule has 0 bridgehead atoms. The molecule has 3 aromatic rings. The van der Waals surface area contributed by atoms with Gasteiger partial charge in [-0.05, 0) is 60.5 Å². The summed E-state index contributed by atoms with van der Waals surface area (Å²) in [7, 11) is -2.04. The molecule has 7 heteroatoms. The van der Waals surface area contributed by atoms with E-state index in [0.29, 0.717) is 22.8 Å². The van der Waals surface area contributed by atoms with Crippen molar-refractivity contribution in [3.63, 3.8) is 0 Å². The number of aryl methyl sites for hydroxylation is 1. The molecule has 0 saturated heterocycles. The van der Waals surface area contributed by atoms with Gasteiger partial charge in [-0.1, -0.05) is 41.9 Å². The Bertz CT molecular complexity index is 1110.